The molecule has 0 aromatic heterocycles. The SMILES string of the molecule is CC[C@@H](C)[C@@H]1OC(=O)[C@@H](C)NC(=O)[C@@H](CC(C)C)OC(=O)[C@H](C(C)C)NC(=O)[C@H](C(C)C)OC(=O)[C@@H](C)NC(=O)[C@@H](CC(C)C)OC(=O)[C@H](C(C)C)NC(=O)[C@H](C(C)C)OC(=O)[C@@H](C)NC(=O)[C@@H](CC(C)C)OC(=O)[C@H](C(C)C)NC1=O. The van der Waals surface area contributed by atoms with Gasteiger partial charge < -0.3 is 60.3 Å². The smallest absolute Gasteiger partial charge is 0.329 e. The fourth-order valence-electron chi connectivity index (χ4n) is 8.15. The van der Waals surface area contributed by atoms with Crippen molar-refractivity contribution in [2.24, 2.45) is 53.3 Å². The van der Waals surface area contributed by atoms with E-state index in [2.05, 4.69) is 31.9 Å². The molecule has 0 unspecified atom stereocenters. The number of amides is 6. The van der Waals surface area contributed by atoms with Gasteiger partial charge in [0.15, 0.2) is 36.6 Å². The molecule has 13 atom stereocenters. The summed E-state index contributed by atoms with van der Waals surface area (Å²) in [5.41, 5.74) is 0. The summed E-state index contributed by atoms with van der Waals surface area (Å²) >= 11 is 0. The van der Waals surface area contributed by atoms with E-state index in [9.17, 15) is 57.5 Å². The summed E-state index contributed by atoms with van der Waals surface area (Å²) in [5.74, 6) is -16.3. The van der Waals surface area contributed by atoms with Crippen LogP contribution in [0.3, 0.4) is 0 Å². The summed E-state index contributed by atoms with van der Waals surface area (Å²) in [6.45, 7) is 33.7. The molecule has 82 heavy (non-hydrogen) atoms. The van der Waals surface area contributed by atoms with Crippen LogP contribution < -0.4 is 31.9 Å². The van der Waals surface area contributed by atoms with E-state index in [-0.39, 0.29) is 37.0 Å². The van der Waals surface area contributed by atoms with Gasteiger partial charge in [-0.2, -0.15) is 0 Å². The third-order valence-electron chi connectivity index (χ3n) is 13.4. The molecule has 1 aliphatic heterocycles. The number of rotatable bonds is 13. The molecule has 1 heterocycles. The second kappa shape index (κ2) is 34.3. The van der Waals surface area contributed by atoms with E-state index >= 15 is 0 Å². The van der Waals surface area contributed by atoms with Gasteiger partial charge in [-0.25, -0.2) is 28.8 Å². The second-order valence-electron chi connectivity index (χ2n) is 24.5. The standard InChI is InChI=1S/C58H98N6O18/c1-22-34(18)46-52(70)64-43(31(12)13)58(76)79-39(24-27(4)5)48(66)60-36(20)54(72)81-44(32(14)15)50(68)62-41(29(8)9)56(74)77-38(23-26(2)3)47(65)59-35(19)53(71)80-45(33(16)17)51(69)63-42(30(10)11)57(75)78-40(25-28(6)7)49(67)61-37(21)55(73)82-46/h26-46H,22-25H2,1-21H3,(H,59,65)(H,60,66)(H,61,67)(H,62,68)(H,63,69)(H,64,70)/t34-,35-,36-,37-,38-,39-,40-,41+,42+,43+,44+,45+,46+/m1/s1. The first-order valence-electron chi connectivity index (χ1n) is 28.9. The molecule has 0 radical (unpaired) electrons. The predicted octanol–water partition coefficient (Wildman–Crippen LogP) is 3.90. The molecule has 6 N–H and O–H groups in total. The van der Waals surface area contributed by atoms with E-state index in [1.54, 1.807) is 125 Å². The number of ether oxygens (including phenoxy) is 6. The molecule has 1 aliphatic rings. The Balaban J connectivity index is 3.97. The van der Waals surface area contributed by atoms with Crippen LogP contribution in [0.25, 0.3) is 0 Å². The third-order valence-corrected chi connectivity index (χ3v) is 13.4. The van der Waals surface area contributed by atoms with Gasteiger partial charge in [-0.05, 0) is 93.8 Å². The van der Waals surface area contributed by atoms with Crippen LogP contribution in [0.1, 0.15) is 171 Å². The summed E-state index contributed by atoms with van der Waals surface area (Å²) in [6.07, 6.45) is -8.86. The minimum Gasteiger partial charge on any atom is -0.451 e. The van der Waals surface area contributed by atoms with Gasteiger partial charge in [0.2, 0.25) is 0 Å². The summed E-state index contributed by atoms with van der Waals surface area (Å²) in [7, 11) is 0. The Kier molecular flexibility index (Phi) is 30.8. The molecular weight excluding hydrogens is 1070 g/mol. The van der Waals surface area contributed by atoms with E-state index in [0.717, 1.165) is 0 Å². The molecule has 1 fully saturated rings. The zero-order chi connectivity index (χ0) is 63.4. The molecule has 1 saturated heterocycles. The van der Waals surface area contributed by atoms with Crippen molar-refractivity contribution in [1.82, 2.24) is 31.9 Å². The molecule has 0 aromatic carbocycles. The molecule has 0 spiro atoms. The van der Waals surface area contributed by atoms with Crippen LogP contribution in [0.5, 0.6) is 0 Å². The van der Waals surface area contributed by atoms with Gasteiger partial charge >= 0.3 is 35.8 Å². The number of carbonyl (C=O) groups is 12. The average Bonchev–Trinajstić information content (AvgIpc) is 3.46. The summed E-state index contributed by atoms with van der Waals surface area (Å²) in [6, 6.07) is -8.46. The van der Waals surface area contributed by atoms with Crippen molar-refractivity contribution >= 4 is 71.3 Å². The van der Waals surface area contributed by atoms with E-state index in [1.165, 1.54) is 20.8 Å². The molecule has 0 bridgehead atoms. The van der Waals surface area contributed by atoms with Crippen molar-refractivity contribution in [3.8, 4) is 0 Å². The zero-order valence-corrected chi connectivity index (χ0v) is 52.3. The Morgan fingerprint density at radius 1 is 0.305 bits per heavy atom. The van der Waals surface area contributed by atoms with Gasteiger partial charge in [0.1, 0.15) is 36.3 Å². The fraction of sp³-hybridized carbons (Fsp3) is 0.793. The van der Waals surface area contributed by atoms with E-state index in [0.29, 0.717) is 6.42 Å². The van der Waals surface area contributed by atoms with Gasteiger partial charge in [-0.15, -0.1) is 0 Å². The van der Waals surface area contributed by atoms with Crippen molar-refractivity contribution < 1.29 is 86.0 Å². The lowest BCUT2D eigenvalue weighted by atomic mass is 9.98. The van der Waals surface area contributed by atoms with Crippen molar-refractivity contribution in [3.05, 3.63) is 0 Å². The van der Waals surface area contributed by atoms with Crippen molar-refractivity contribution in [3.63, 3.8) is 0 Å². The lowest BCUT2D eigenvalue weighted by Crippen LogP contribution is -2.55. The normalized spacial score (nSPS) is 28.4. The monoisotopic (exact) mass is 1170 g/mol. The molecule has 24 heteroatoms. The molecule has 1 rings (SSSR count). The lowest BCUT2D eigenvalue weighted by Gasteiger charge is -2.30. The highest BCUT2D eigenvalue weighted by molar-refractivity contribution is 5.95. The predicted molar refractivity (Wildman–Crippen MR) is 300 cm³/mol. The highest BCUT2D eigenvalue weighted by Crippen LogP contribution is 2.21. The number of hydrogen-bond acceptors (Lipinski definition) is 18. The van der Waals surface area contributed by atoms with E-state index in [4.69, 9.17) is 28.4 Å². The average molecular weight is 1170 g/mol. The van der Waals surface area contributed by atoms with Gasteiger partial charge in [-0.1, -0.05) is 125 Å². The Morgan fingerprint density at radius 3 is 0.744 bits per heavy atom. The van der Waals surface area contributed by atoms with Crippen molar-refractivity contribution in [2.45, 2.75) is 244 Å². The van der Waals surface area contributed by atoms with Gasteiger partial charge in [0.05, 0.1) is 0 Å². The Labute approximate surface area is 484 Å². The third kappa shape index (κ3) is 23.9. The highest BCUT2D eigenvalue weighted by atomic mass is 16.6. The Hall–Kier alpha value is -6.36. The summed E-state index contributed by atoms with van der Waals surface area (Å²) < 4.78 is 34.2. The van der Waals surface area contributed by atoms with Crippen LogP contribution in [0, 0.1) is 53.3 Å². The van der Waals surface area contributed by atoms with E-state index < -0.39 is 180 Å². The fourth-order valence-corrected chi connectivity index (χ4v) is 8.15. The van der Waals surface area contributed by atoms with Crippen LogP contribution in [-0.2, 0) is 86.0 Å². The number of esters is 6. The Morgan fingerprint density at radius 2 is 0.537 bits per heavy atom. The first-order chi connectivity index (χ1) is 37.8. The van der Waals surface area contributed by atoms with Crippen molar-refractivity contribution in [2.75, 3.05) is 0 Å². The number of nitrogens with one attached hydrogen (secondary N) is 6. The quantitative estimate of drug-likeness (QED) is 0.112. The van der Waals surface area contributed by atoms with Crippen LogP contribution >= 0.6 is 0 Å². The molecule has 24 nitrogen and oxygen atoms in total. The molecule has 0 aliphatic carbocycles. The maximum absolute atomic E-state index is 14.1. The molecular formula is C58H98N6O18. The van der Waals surface area contributed by atoms with Crippen molar-refractivity contribution in [1.29, 1.82) is 0 Å². The molecule has 6 amide bonds. The maximum atomic E-state index is 14.1. The topological polar surface area (TPSA) is 332 Å². The second-order valence-corrected chi connectivity index (χ2v) is 24.5. The molecule has 0 saturated carbocycles. The number of carbonyl (C=O) groups excluding carboxylic acids is 12. The van der Waals surface area contributed by atoms with Gasteiger partial charge in [0, 0.05) is 5.92 Å². The first kappa shape index (κ1) is 73.7. The van der Waals surface area contributed by atoms with Crippen LogP contribution in [-0.4, -0.2) is 144 Å². The first-order valence-corrected chi connectivity index (χ1v) is 28.9. The maximum Gasteiger partial charge on any atom is 0.329 e. The van der Waals surface area contributed by atoms with Crippen LogP contribution in [0.15, 0.2) is 0 Å². The van der Waals surface area contributed by atoms with E-state index in [1.807, 2.05) is 0 Å². The summed E-state index contributed by atoms with van der Waals surface area (Å²) in [5, 5.41) is 15.2. The van der Waals surface area contributed by atoms with Gasteiger partial charge in [-0.3, -0.25) is 28.8 Å². The number of cyclic esters (lactones) is 6. The zero-order valence-electron chi connectivity index (χ0n) is 52.3. The molecule has 0 aromatic rings. The Bertz CT molecular complexity index is 2200. The highest BCUT2D eigenvalue weighted by Gasteiger charge is 2.41. The molecule has 468 valence electrons. The summed E-state index contributed by atoms with van der Waals surface area (Å²) in [4.78, 5) is 166. The van der Waals surface area contributed by atoms with Crippen LogP contribution in [0.4, 0.5) is 0 Å². The van der Waals surface area contributed by atoms with Gasteiger partial charge in [0.25, 0.3) is 35.4 Å². The lowest BCUT2D eigenvalue weighted by molar-refractivity contribution is -0.167. The largest absolute Gasteiger partial charge is 0.451 e. The van der Waals surface area contributed by atoms with Crippen LogP contribution in [0.2, 0.25) is 0 Å². The number of hydrogen-bond donors (Lipinski definition) is 6. The minimum absolute atomic E-state index is 0.0331. The minimum atomic E-state index is -1.52.